The Morgan fingerprint density at radius 3 is 2.63 bits per heavy atom. The molecule has 0 saturated carbocycles. The minimum Gasteiger partial charge on any atom is -0.359 e. The smallest absolute Gasteiger partial charge is 0.220 e. The molecule has 0 bridgehead atoms. The Morgan fingerprint density at radius 1 is 1.33 bits per heavy atom. The van der Waals surface area contributed by atoms with Crippen molar-refractivity contribution in [1.29, 1.82) is 0 Å². The molecule has 0 spiro atoms. The highest BCUT2D eigenvalue weighted by Crippen LogP contribution is 2.21. The van der Waals surface area contributed by atoms with Crippen LogP contribution in [0.3, 0.4) is 0 Å². The molecule has 152 valence electrons. The number of piperidine rings is 1. The van der Waals surface area contributed by atoms with Crippen LogP contribution in [0.2, 0.25) is 0 Å². The van der Waals surface area contributed by atoms with Crippen molar-refractivity contribution >= 4 is 35.8 Å². The summed E-state index contributed by atoms with van der Waals surface area (Å²) >= 11 is 0. The van der Waals surface area contributed by atoms with E-state index in [-0.39, 0.29) is 29.9 Å². The summed E-state index contributed by atoms with van der Waals surface area (Å²) in [5.74, 6) is 2.04. The van der Waals surface area contributed by atoms with Crippen LogP contribution in [0, 0.1) is 12.8 Å². The van der Waals surface area contributed by atoms with Crippen molar-refractivity contribution in [2.75, 3.05) is 33.2 Å². The lowest BCUT2D eigenvalue weighted by atomic mass is 9.93. The van der Waals surface area contributed by atoms with Crippen molar-refractivity contribution in [3.63, 3.8) is 0 Å². The number of halogens is 1. The van der Waals surface area contributed by atoms with E-state index >= 15 is 0 Å². The van der Waals surface area contributed by atoms with Crippen LogP contribution in [0.25, 0.3) is 0 Å². The molecular weight excluding hydrogens is 451 g/mol. The molecule has 0 radical (unpaired) electrons. The molecule has 1 amide bonds. The van der Waals surface area contributed by atoms with Gasteiger partial charge in [0, 0.05) is 45.6 Å². The maximum absolute atomic E-state index is 11.6. The highest BCUT2D eigenvalue weighted by molar-refractivity contribution is 14.0. The van der Waals surface area contributed by atoms with E-state index in [0.717, 1.165) is 45.0 Å². The first kappa shape index (κ1) is 23.7. The zero-order chi connectivity index (χ0) is 18.9. The third kappa shape index (κ3) is 7.68. The number of hydrogen-bond acceptors (Lipinski definition) is 2. The van der Waals surface area contributed by atoms with Gasteiger partial charge in [0.25, 0.3) is 0 Å². The van der Waals surface area contributed by atoms with Gasteiger partial charge < -0.3 is 15.5 Å². The van der Waals surface area contributed by atoms with E-state index in [9.17, 15) is 4.79 Å². The second-order valence-corrected chi connectivity index (χ2v) is 7.32. The van der Waals surface area contributed by atoms with Crippen molar-refractivity contribution in [3.8, 4) is 0 Å². The molecule has 2 N–H and O–H groups in total. The Bertz CT molecular complexity index is 612. The second-order valence-electron chi connectivity index (χ2n) is 7.32. The molecule has 1 heterocycles. The summed E-state index contributed by atoms with van der Waals surface area (Å²) in [5.41, 5.74) is 2.64. The number of aliphatic imine (C=N–C) groups is 1. The van der Waals surface area contributed by atoms with E-state index in [1.165, 1.54) is 11.1 Å². The quantitative estimate of drug-likeness (QED) is 0.368. The van der Waals surface area contributed by atoms with Crippen molar-refractivity contribution < 1.29 is 4.79 Å². The zero-order valence-corrected chi connectivity index (χ0v) is 19.5. The molecule has 1 aromatic carbocycles. The van der Waals surface area contributed by atoms with Gasteiger partial charge in [0.1, 0.15) is 0 Å². The Morgan fingerprint density at radius 2 is 2.04 bits per heavy atom. The number of hydrogen-bond donors (Lipinski definition) is 2. The van der Waals surface area contributed by atoms with Crippen LogP contribution < -0.4 is 10.6 Å². The lowest BCUT2D eigenvalue weighted by molar-refractivity contribution is -0.121. The normalized spacial score (nSPS) is 16.4. The van der Waals surface area contributed by atoms with Crippen LogP contribution in [-0.4, -0.2) is 50.0 Å². The number of rotatable bonds is 6. The molecule has 1 aliphatic rings. The number of amides is 1. The molecule has 2 rings (SSSR count). The van der Waals surface area contributed by atoms with Gasteiger partial charge >= 0.3 is 0 Å². The first-order valence-electron chi connectivity index (χ1n) is 9.83. The molecule has 5 nitrogen and oxygen atoms in total. The molecule has 27 heavy (non-hydrogen) atoms. The van der Waals surface area contributed by atoms with E-state index < -0.39 is 0 Å². The van der Waals surface area contributed by atoms with Crippen LogP contribution in [0.1, 0.15) is 50.2 Å². The third-order valence-electron chi connectivity index (χ3n) is 5.13. The SMILES string of the molecule is CCNC(=NCC(C)c1cccc(C)c1)N1CCC(CC(=O)NC)CC1.I. The Labute approximate surface area is 181 Å². The van der Waals surface area contributed by atoms with Crippen LogP contribution in [0.5, 0.6) is 0 Å². The molecule has 1 aromatic rings. The fraction of sp³-hybridized carbons (Fsp3) is 0.619. The average molecular weight is 486 g/mol. The number of carbonyl (C=O) groups excluding carboxylic acids is 1. The van der Waals surface area contributed by atoms with Crippen molar-refractivity contribution in [1.82, 2.24) is 15.5 Å². The second kappa shape index (κ2) is 12.2. The Balaban J connectivity index is 0.00000364. The van der Waals surface area contributed by atoms with Crippen molar-refractivity contribution in [2.24, 2.45) is 10.9 Å². The number of nitrogens with zero attached hydrogens (tertiary/aromatic N) is 2. The summed E-state index contributed by atoms with van der Waals surface area (Å²) in [5, 5.41) is 6.16. The van der Waals surface area contributed by atoms with Crippen LogP contribution >= 0.6 is 24.0 Å². The van der Waals surface area contributed by atoms with Gasteiger partial charge in [-0.05, 0) is 38.2 Å². The molecule has 1 unspecified atom stereocenters. The minimum absolute atomic E-state index is 0. The number of aryl methyl sites for hydroxylation is 1. The van der Waals surface area contributed by atoms with Gasteiger partial charge in [0.05, 0.1) is 0 Å². The molecule has 1 saturated heterocycles. The lowest BCUT2D eigenvalue weighted by Gasteiger charge is -2.34. The summed E-state index contributed by atoms with van der Waals surface area (Å²) in [4.78, 5) is 18.8. The first-order valence-corrected chi connectivity index (χ1v) is 9.83. The van der Waals surface area contributed by atoms with Gasteiger partial charge in [-0.1, -0.05) is 36.8 Å². The van der Waals surface area contributed by atoms with Gasteiger partial charge in [0.15, 0.2) is 5.96 Å². The van der Waals surface area contributed by atoms with Gasteiger partial charge in [-0.25, -0.2) is 0 Å². The van der Waals surface area contributed by atoms with E-state index in [4.69, 9.17) is 4.99 Å². The topological polar surface area (TPSA) is 56.7 Å². The molecule has 0 aliphatic carbocycles. The maximum Gasteiger partial charge on any atom is 0.220 e. The van der Waals surface area contributed by atoms with Gasteiger partial charge in [-0.3, -0.25) is 9.79 Å². The third-order valence-corrected chi connectivity index (χ3v) is 5.13. The van der Waals surface area contributed by atoms with Crippen molar-refractivity contribution in [3.05, 3.63) is 35.4 Å². The molecule has 1 atom stereocenters. The maximum atomic E-state index is 11.6. The molecular formula is C21H35IN4O. The van der Waals surface area contributed by atoms with E-state index in [1.54, 1.807) is 7.05 Å². The predicted octanol–water partition coefficient (Wildman–Crippen LogP) is 3.53. The number of nitrogens with one attached hydrogen (secondary N) is 2. The van der Waals surface area contributed by atoms with E-state index in [2.05, 4.69) is 60.6 Å². The molecule has 0 aromatic heterocycles. The fourth-order valence-electron chi connectivity index (χ4n) is 3.44. The fourth-order valence-corrected chi connectivity index (χ4v) is 3.44. The van der Waals surface area contributed by atoms with E-state index in [1.807, 2.05) is 0 Å². The Hall–Kier alpha value is -1.31. The molecule has 1 aliphatic heterocycles. The van der Waals surface area contributed by atoms with Gasteiger partial charge in [-0.15, -0.1) is 24.0 Å². The highest BCUT2D eigenvalue weighted by Gasteiger charge is 2.23. The summed E-state index contributed by atoms with van der Waals surface area (Å²) in [6.07, 6.45) is 2.74. The van der Waals surface area contributed by atoms with Gasteiger partial charge in [-0.2, -0.15) is 0 Å². The monoisotopic (exact) mass is 486 g/mol. The van der Waals surface area contributed by atoms with Crippen LogP contribution in [0.15, 0.2) is 29.3 Å². The Kier molecular flexibility index (Phi) is 10.7. The van der Waals surface area contributed by atoms with Crippen LogP contribution in [0.4, 0.5) is 0 Å². The lowest BCUT2D eigenvalue weighted by Crippen LogP contribution is -2.46. The molecule has 1 fully saturated rings. The summed E-state index contributed by atoms with van der Waals surface area (Å²) < 4.78 is 0. The first-order chi connectivity index (χ1) is 12.5. The number of likely N-dealkylation sites (tertiary alicyclic amines) is 1. The number of carbonyl (C=O) groups is 1. The number of guanidine groups is 1. The minimum atomic E-state index is 0. The van der Waals surface area contributed by atoms with Gasteiger partial charge in [0.2, 0.25) is 5.91 Å². The summed E-state index contributed by atoms with van der Waals surface area (Å²) in [6, 6.07) is 8.68. The summed E-state index contributed by atoms with van der Waals surface area (Å²) in [7, 11) is 1.71. The van der Waals surface area contributed by atoms with Crippen molar-refractivity contribution in [2.45, 2.75) is 46.0 Å². The van der Waals surface area contributed by atoms with E-state index in [0.29, 0.717) is 18.3 Å². The summed E-state index contributed by atoms with van der Waals surface area (Å²) in [6.45, 7) is 10.1. The molecule has 6 heteroatoms. The average Bonchev–Trinajstić information content (AvgIpc) is 2.65. The van der Waals surface area contributed by atoms with Crippen LogP contribution in [-0.2, 0) is 4.79 Å². The zero-order valence-electron chi connectivity index (χ0n) is 17.1. The highest BCUT2D eigenvalue weighted by atomic mass is 127. The number of benzene rings is 1. The predicted molar refractivity (Wildman–Crippen MR) is 124 cm³/mol. The largest absolute Gasteiger partial charge is 0.359 e. The standard InChI is InChI=1S/C21H34N4O.HI/c1-5-23-21(24-15-17(3)19-8-6-7-16(2)13-19)25-11-9-18(10-12-25)14-20(26)22-4;/h6-8,13,17-18H,5,9-12,14-15H2,1-4H3,(H,22,26)(H,23,24);1H.